The predicted octanol–water partition coefficient (Wildman–Crippen LogP) is 4.75. The van der Waals surface area contributed by atoms with Gasteiger partial charge in [-0.15, -0.1) is 11.8 Å². The highest BCUT2D eigenvalue weighted by molar-refractivity contribution is 7.98. The zero-order chi connectivity index (χ0) is 12.1. The first kappa shape index (κ1) is 10.3. The molecule has 1 aromatic heterocycles. The van der Waals surface area contributed by atoms with E-state index in [4.69, 9.17) is 0 Å². The van der Waals surface area contributed by atoms with Crippen molar-refractivity contribution in [3.8, 4) is 11.3 Å². The van der Waals surface area contributed by atoms with Crippen LogP contribution < -0.4 is 0 Å². The number of rotatable bonds is 0. The smallest absolute Gasteiger partial charge is 0.0517 e. The summed E-state index contributed by atoms with van der Waals surface area (Å²) in [6.07, 6.45) is 0. The zero-order valence-electron chi connectivity index (χ0n) is 10.2. The molecule has 0 spiro atoms. The van der Waals surface area contributed by atoms with Crippen molar-refractivity contribution in [3.05, 3.63) is 53.6 Å². The van der Waals surface area contributed by atoms with Crippen LogP contribution in [0.2, 0.25) is 0 Å². The molecule has 0 unspecified atom stereocenters. The van der Waals surface area contributed by atoms with Gasteiger partial charge in [-0.2, -0.15) is 0 Å². The van der Waals surface area contributed by atoms with E-state index in [1.807, 2.05) is 11.8 Å². The molecular formula is C16H13NS. The molecule has 0 saturated heterocycles. The molecule has 2 aromatic carbocycles. The third kappa shape index (κ3) is 1.36. The first-order valence-electron chi connectivity index (χ1n) is 6.16. The number of H-pyrrole nitrogens is 1. The third-order valence-electron chi connectivity index (χ3n) is 3.59. The molecule has 1 nitrogen and oxygen atoms in total. The van der Waals surface area contributed by atoms with Crippen molar-refractivity contribution in [1.29, 1.82) is 0 Å². The SMILES string of the molecule is Cc1ccc2c(c1)-c1[nH]c3ccccc3c1CS2. The van der Waals surface area contributed by atoms with Crippen LogP contribution in [0.3, 0.4) is 0 Å². The summed E-state index contributed by atoms with van der Waals surface area (Å²) >= 11 is 1.94. The van der Waals surface area contributed by atoms with Gasteiger partial charge in [0.25, 0.3) is 0 Å². The Morgan fingerprint density at radius 1 is 1.11 bits per heavy atom. The molecule has 0 atom stereocenters. The number of benzene rings is 2. The van der Waals surface area contributed by atoms with Gasteiger partial charge < -0.3 is 4.98 Å². The predicted molar refractivity (Wildman–Crippen MR) is 78.0 cm³/mol. The zero-order valence-corrected chi connectivity index (χ0v) is 11.0. The Bertz CT molecular complexity index is 755. The fourth-order valence-corrected chi connectivity index (χ4v) is 3.78. The van der Waals surface area contributed by atoms with Crippen LogP contribution in [-0.4, -0.2) is 4.98 Å². The van der Waals surface area contributed by atoms with E-state index in [1.54, 1.807) is 0 Å². The molecule has 0 bridgehead atoms. The molecule has 0 fully saturated rings. The minimum atomic E-state index is 1.06. The third-order valence-corrected chi connectivity index (χ3v) is 4.69. The number of hydrogen-bond acceptors (Lipinski definition) is 1. The van der Waals surface area contributed by atoms with E-state index < -0.39 is 0 Å². The Morgan fingerprint density at radius 3 is 2.94 bits per heavy atom. The lowest BCUT2D eigenvalue weighted by Gasteiger charge is -2.16. The molecule has 1 N–H and O–H groups in total. The summed E-state index contributed by atoms with van der Waals surface area (Å²) < 4.78 is 0. The van der Waals surface area contributed by atoms with E-state index in [9.17, 15) is 0 Å². The van der Waals surface area contributed by atoms with Crippen LogP contribution in [0.25, 0.3) is 22.2 Å². The lowest BCUT2D eigenvalue weighted by Crippen LogP contribution is -1.94. The Morgan fingerprint density at radius 2 is 2.00 bits per heavy atom. The van der Waals surface area contributed by atoms with Crippen LogP contribution in [0.4, 0.5) is 0 Å². The van der Waals surface area contributed by atoms with Crippen molar-refractivity contribution < 1.29 is 0 Å². The van der Waals surface area contributed by atoms with Gasteiger partial charge in [-0.3, -0.25) is 0 Å². The van der Waals surface area contributed by atoms with Crippen LogP contribution >= 0.6 is 11.8 Å². The highest BCUT2D eigenvalue weighted by Crippen LogP contribution is 2.44. The fraction of sp³-hybridized carbons (Fsp3) is 0.125. The number of aromatic nitrogens is 1. The van der Waals surface area contributed by atoms with E-state index >= 15 is 0 Å². The second-order valence-corrected chi connectivity index (χ2v) is 5.83. The molecule has 0 amide bonds. The molecular weight excluding hydrogens is 238 g/mol. The molecule has 18 heavy (non-hydrogen) atoms. The molecule has 88 valence electrons. The van der Waals surface area contributed by atoms with Crippen molar-refractivity contribution in [3.63, 3.8) is 0 Å². The van der Waals surface area contributed by atoms with Crippen LogP contribution in [0, 0.1) is 6.92 Å². The first-order chi connectivity index (χ1) is 8.83. The lowest BCUT2D eigenvalue weighted by molar-refractivity contribution is 1.28. The maximum absolute atomic E-state index is 3.59. The van der Waals surface area contributed by atoms with Crippen LogP contribution in [0.15, 0.2) is 47.4 Å². The number of fused-ring (bicyclic) bond motifs is 5. The highest BCUT2D eigenvalue weighted by Gasteiger charge is 2.20. The van der Waals surface area contributed by atoms with Gasteiger partial charge in [0.2, 0.25) is 0 Å². The van der Waals surface area contributed by atoms with Crippen LogP contribution in [0.1, 0.15) is 11.1 Å². The van der Waals surface area contributed by atoms with Gasteiger partial charge in [0.15, 0.2) is 0 Å². The minimum Gasteiger partial charge on any atom is -0.354 e. The van der Waals surface area contributed by atoms with E-state index in [2.05, 4.69) is 54.4 Å². The normalized spacial score (nSPS) is 13.4. The summed E-state index contributed by atoms with van der Waals surface area (Å²) in [6.45, 7) is 2.15. The quantitative estimate of drug-likeness (QED) is 0.609. The van der Waals surface area contributed by atoms with Gasteiger partial charge in [0.05, 0.1) is 5.69 Å². The monoisotopic (exact) mass is 251 g/mol. The van der Waals surface area contributed by atoms with E-state index in [-0.39, 0.29) is 0 Å². The standard InChI is InChI=1S/C16H13NS/c1-10-6-7-15-12(8-10)16-13(9-18-15)11-4-2-3-5-14(11)17-16/h2-8,17H,9H2,1H3. The Kier molecular flexibility index (Phi) is 2.09. The van der Waals surface area contributed by atoms with E-state index in [0.717, 1.165) is 5.75 Å². The van der Waals surface area contributed by atoms with E-state index in [1.165, 1.54) is 38.2 Å². The summed E-state index contributed by atoms with van der Waals surface area (Å²) in [4.78, 5) is 4.97. The molecule has 3 aromatic rings. The molecule has 0 saturated carbocycles. The van der Waals surface area contributed by atoms with Crippen molar-refractivity contribution in [2.45, 2.75) is 17.6 Å². The topological polar surface area (TPSA) is 15.8 Å². The Hall–Kier alpha value is -1.67. The van der Waals surface area contributed by atoms with Crippen molar-refractivity contribution >= 4 is 22.7 Å². The second kappa shape index (κ2) is 3.66. The maximum atomic E-state index is 3.59. The van der Waals surface area contributed by atoms with Gasteiger partial charge in [-0.1, -0.05) is 29.8 Å². The average molecular weight is 251 g/mol. The summed E-state index contributed by atoms with van der Waals surface area (Å²) in [6, 6.07) is 15.3. The Labute approximate surface area is 110 Å². The first-order valence-corrected chi connectivity index (χ1v) is 7.15. The van der Waals surface area contributed by atoms with Gasteiger partial charge in [0, 0.05) is 27.1 Å². The largest absolute Gasteiger partial charge is 0.354 e. The second-order valence-electron chi connectivity index (χ2n) is 4.81. The summed E-state index contributed by atoms with van der Waals surface area (Å²) in [5, 5.41) is 1.37. The van der Waals surface area contributed by atoms with Crippen molar-refractivity contribution in [2.75, 3.05) is 0 Å². The molecule has 1 aliphatic rings. The minimum absolute atomic E-state index is 1.06. The number of para-hydroxylation sites is 1. The fourth-order valence-electron chi connectivity index (χ4n) is 2.69. The molecule has 0 radical (unpaired) electrons. The summed E-state index contributed by atoms with van der Waals surface area (Å²) in [5.74, 6) is 1.06. The van der Waals surface area contributed by atoms with Crippen molar-refractivity contribution in [2.24, 2.45) is 0 Å². The average Bonchev–Trinajstić information content (AvgIpc) is 2.78. The number of hydrogen-bond donors (Lipinski definition) is 1. The van der Waals surface area contributed by atoms with Crippen LogP contribution in [0.5, 0.6) is 0 Å². The van der Waals surface area contributed by atoms with Gasteiger partial charge in [0.1, 0.15) is 0 Å². The number of thioether (sulfide) groups is 1. The van der Waals surface area contributed by atoms with Gasteiger partial charge in [-0.05, 0) is 30.7 Å². The molecule has 2 heterocycles. The maximum Gasteiger partial charge on any atom is 0.0517 e. The van der Waals surface area contributed by atoms with Gasteiger partial charge >= 0.3 is 0 Å². The van der Waals surface area contributed by atoms with Gasteiger partial charge in [-0.25, -0.2) is 0 Å². The van der Waals surface area contributed by atoms with E-state index in [0.29, 0.717) is 0 Å². The molecule has 2 heteroatoms. The van der Waals surface area contributed by atoms with Crippen molar-refractivity contribution in [1.82, 2.24) is 4.98 Å². The molecule has 1 aliphatic heterocycles. The summed E-state index contributed by atoms with van der Waals surface area (Å²) in [7, 11) is 0. The lowest BCUT2D eigenvalue weighted by atomic mass is 10.0. The van der Waals surface area contributed by atoms with Crippen LogP contribution in [-0.2, 0) is 5.75 Å². The highest BCUT2D eigenvalue weighted by atomic mass is 32.2. The summed E-state index contributed by atoms with van der Waals surface area (Å²) in [5.41, 5.74) is 6.69. The number of nitrogens with one attached hydrogen (secondary N) is 1. The Balaban J connectivity index is 2.08. The number of aryl methyl sites for hydroxylation is 1. The molecule has 0 aliphatic carbocycles. The molecule has 4 rings (SSSR count). The number of aromatic amines is 1.